The van der Waals surface area contributed by atoms with E-state index in [1.807, 2.05) is 24.3 Å². The number of nitrogens with zero attached hydrogens (tertiary/aromatic N) is 2. The molecular formula is C16H15N5O3. The molecule has 0 saturated carbocycles. The zero-order valence-electron chi connectivity index (χ0n) is 12.9. The first-order valence-corrected chi connectivity index (χ1v) is 7.22. The monoisotopic (exact) mass is 325 g/mol. The summed E-state index contributed by atoms with van der Waals surface area (Å²) in [6.07, 6.45) is 3.39. The Morgan fingerprint density at radius 3 is 2.83 bits per heavy atom. The highest BCUT2D eigenvalue weighted by Gasteiger charge is 2.10. The van der Waals surface area contributed by atoms with Gasteiger partial charge in [-0.1, -0.05) is 18.2 Å². The average Bonchev–Trinajstić information content (AvgIpc) is 3.12. The van der Waals surface area contributed by atoms with Gasteiger partial charge in [-0.2, -0.15) is 0 Å². The number of benzene rings is 1. The minimum Gasteiger partial charge on any atom is -0.347 e. The summed E-state index contributed by atoms with van der Waals surface area (Å²) >= 11 is 0. The molecule has 0 atom stereocenters. The lowest BCUT2D eigenvalue weighted by Crippen LogP contribution is -2.36. The van der Waals surface area contributed by atoms with Crippen LogP contribution in [0.4, 0.5) is 0 Å². The van der Waals surface area contributed by atoms with E-state index in [1.165, 1.54) is 7.05 Å². The molecule has 1 aromatic carbocycles. The van der Waals surface area contributed by atoms with Crippen LogP contribution < -0.4 is 16.6 Å². The summed E-state index contributed by atoms with van der Waals surface area (Å²) in [5.74, 6) is 0.215. The number of amides is 1. The Balaban J connectivity index is 1.74. The molecule has 0 radical (unpaired) electrons. The SMILES string of the molecule is Cn1c(=O)cc(C(=O)NCc2cccc(-c3ncc[nH]3)c2)[nH]c1=O. The molecule has 122 valence electrons. The van der Waals surface area contributed by atoms with Crippen LogP contribution in [0.1, 0.15) is 16.1 Å². The maximum Gasteiger partial charge on any atom is 0.328 e. The highest BCUT2D eigenvalue weighted by Crippen LogP contribution is 2.15. The Labute approximate surface area is 136 Å². The van der Waals surface area contributed by atoms with Crippen molar-refractivity contribution in [1.82, 2.24) is 24.8 Å². The molecule has 8 nitrogen and oxygen atoms in total. The highest BCUT2D eigenvalue weighted by molar-refractivity contribution is 5.92. The van der Waals surface area contributed by atoms with Crippen LogP contribution in [-0.4, -0.2) is 25.4 Å². The first-order chi connectivity index (χ1) is 11.5. The molecule has 0 spiro atoms. The summed E-state index contributed by atoms with van der Waals surface area (Å²) in [4.78, 5) is 44.8. The van der Waals surface area contributed by atoms with Gasteiger partial charge in [0.2, 0.25) is 0 Å². The fraction of sp³-hybridized carbons (Fsp3) is 0.125. The van der Waals surface area contributed by atoms with E-state index in [-0.39, 0.29) is 12.2 Å². The van der Waals surface area contributed by atoms with Crippen LogP contribution in [0.3, 0.4) is 0 Å². The molecule has 3 rings (SSSR count). The molecule has 0 aliphatic rings. The number of hydrogen-bond acceptors (Lipinski definition) is 4. The quantitative estimate of drug-likeness (QED) is 0.644. The number of carbonyl (C=O) groups excluding carboxylic acids is 1. The van der Waals surface area contributed by atoms with Gasteiger partial charge in [-0.15, -0.1) is 0 Å². The number of aromatic amines is 2. The predicted molar refractivity (Wildman–Crippen MR) is 87.5 cm³/mol. The minimum atomic E-state index is -0.632. The Hall–Kier alpha value is -3.42. The molecule has 0 bridgehead atoms. The van der Waals surface area contributed by atoms with Crippen LogP contribution in [0.25, 0.3) is 11.4 Å². The van der Waals surface area contributed by atoms with E-state index in [0.29, 0.717) is 0 Å². The van der Waals surface area contributed by atoms with Gasteiger partial charge in [0.1, 0.15) is 11.5 Å². The second kappa shape index (κ2) is 6.37. The molecule has 1 amide bonds. The third-order valence-electron chi connectivity index (χ3n) is 3.54. The van der Waals surface area contributed by atoms with Crippen LogP contribution >= 0.6 is 0 Å². The van der Waals surface area contributed by atoms with Gasteiger partial charge in [-0.3, -0.25) is 14.2 Å². The number of rotatable bonds is 4. The first kappa shape index (κ1) is 15.5. The molecule has 3 N–H and O–H groups in total. The summed E-state index contributed by atoms with van der Waals surface area (Å²) in [5, 5.41) is 2.67. The van der Waals surface area contributed by atoms with Crippen LogP contribution in [0.2, 0.25) is 0 Å². The minimum absolute atomic E-state index is 0.0645. The Kier molecular flexibility index (Phi) is 4.11. The standard InChI is InChI=1S/C16H15N5O3/c1-21-13(22)8-12(20-16(21)24)15(23)19-9-10-3-2-4-11(7-10)14-17-5-6-18-14/h2-8H,9H2,1H3,(H,17,18)(H,19,23)(H,20,24). The third-order valence-corrected chi connectivity index (χ3v) is 3.54. The molecule has 2 aromatic heterocycles. The maximum absolute atomic E-state index is 12.1. The van der Waals surface area contributed by atoms with Gasteiger partial charge in [0, 0.05) is 37.6 Å². The van der Waals surface area contributed by atoms with Gasteiger partial charge in [0.25, 0.3) is 11.5 Å². The molecule has 24 heavy (non-hydrogen) atoms. The molecule has 0 fully saturated rings. The van der Waals surface area contributed by atoms with Crippen molar-refractivity contribution in [2.45, 2.75) is 6.54 Å². The topological polar surface area (TPSA) is 113 Å². The van der Waals surface area contributed by atoms with E-state index >= 15 is 0 Å². The van der Waals surface area contributed by atoms with E-state index in [4.69, 9.17) is 0 Å². The van der Waals surface area contributed by atoms with Gasteiger partial charge < -0.3 is 15.3 Å². The second-order valence-electron chi connectivity index (χ2n) is 5.21. The zero-order chi connectivity index (χ0) is 17.1. The van der Waals surface area contributed by atoms with Crippen molar-refractivity contribution in [2.24, 2.45) is 7.05 Å². The normalized spacial score (nSPS) is 10.5. The van der Waals surface area contributed by atoms with Crippen molar-refractivity contribution in [3.63, 3.8) is 0 Å². The van der Waals surface area contributed by atoms with E-state index in [2.05, 4.69) is 20.3 Å². The largest absolute Gasteiger partial charge is 0.347 e. The molecule has 2 heterocycles. The number of carbonyl (C=O) groups is 1. The highest BCUT2D eigenvalue weighted by atomic mass is 16.2. The van der Waals surface area contributed by atoms with Crippen molar-refractivity contribution in [3.05, 3.63) is 74.8 Å². The fourth-order valence-corrected chi connectivity index (χ4v) is 2.21. The molecule has 8 heteroatoms. The lowest BCUT2D eigenvalue weighted by Gasteiger charge is -2.07. The number of nitrogens with one attached hydrogen (secondary N) is 3. The number of hydrogen-bond donors (Lipinski definition) is 3. The predicted octanol–water partition coefficient (Wildman–Crippen LogP) is 0.394. The summed E-state index contributed by atoms with van der Waals surface area (Å²) in [7, 11) is 1.34. The van der Waals surface area contributed by atoms with E-state index in [0.717, 1.165) is 27.6 Å². The number of H-pyrrole nitrogens is 2. The van der Waals surface area contributed by atoms with E-state index < -0.39 is 17.2 Å². The summed E-state index contributed by atoms with van der Waals surface area (Å²) < 4.78 is 0.892. The maximum atomic E-state index is 12.1. The third kappa shape index (κ3) is 3.17. The molecule has 0 saturated heterocycles. The van der Waals surface area contributed by atoms with Gasteiger partial charge in [0.05, 0.1) is 0 Å². The Bertz CT molecular complexity index is 954. The smallest absolute Gasteiger partial charge is 0.328 e. The van der Waals surface area contributed by atoms with Crippen molar-refractivity contribution in [3.8, 4) is 11.4 Å². The Morgan fingerprint density at radius 2 is 2.12 bits per heavy atom. The van der Waals surface area contributed by atoms with Crippen LogP contribution in [0, 0.1) is 0 Å². The number of imidazole rings is 1. The first-order valence-electron chi connectivity index (χ1n) is 7.22. The number of aromatic nitrogens is 4. The van der Waals surface area contributed by atoms with Crippen LogP contribution in [0.15, 0.2) is 52.3 Å². The van der Waals surface area contributed by atoms with Gasteiger partial charge >= 0.3 is 5.69 Å². The van der Waals surface area contributed by atoms with Crippen molar-refractivity contribution in [2.75, 3.05) is 0 Å². The average molecular weight is 325 g/mol. The molecule has 3 aromatic rings. The zero-order valence-corrected chi connectivity index (χ0v) is 12.9. The fourth-order valence-electron chi connectivity index (χ4n) is 2.21. The lowest BCUT2D eigenvalue weighted by atomic mass is 10.1. The Morgan fingerprint density at radius 1 is 1.29 bits per heavy atom. The second-order valence-corrected chi connectivity index (χ2v) is 5.21. The lowest BCUT2D eigenvalue weighted by molar-refractivity contribution is 0.0945. The summed E-state index contributed by atoms with van der Waals surface area (Å²) in [6, 6.07) is 8.61. The van der Waals surface area contributed by atoms with Crippen LogP contribution in [0.5, 0.6) is 0 Å². The van der Waals surface area contributed by atoms with E-state index in [9.17, 15) is 14.4 Å². The van der Waals surface area contributed by atoms with Gasteiger partial charge in [-0.05, 0) is 11.6 Å². The van der Waals surface area contributed by atoms with Crippen molar-refractivity contribution >= 4 is 5.91 Å². The molecule has 0 aliphatic carbocycles. The summed E-state index contributed by atoms with van der Waals surface area (Å²) in [6.45, 7) is 0.255. The van der Waals surface area contributed by atoms with Crippen molar-refractivity contribution < 1.29 is 4.79 Å². The molecule has 0 aliphatic heterocycles. The van der Waals surface area contributed by atoms with Crippen LogP contribution in [-0.2, 0) is 13.6 Å². The van der Waals surface area contributed by atoms with E-state index in [1.54, 1.807) is 12.4 Å². The molecular weight excluding hydrogens is 310 g/mol. The molecule has 0 unspecified atom stereocenters. The summed E-state index contributed by atoms with van der Waals surface area (Å²) in [5.41, 5.74) is 0.527. The van der Waals surface area contributed by atoms with Gasteiger partial charge in [-0.25, -0.2) is 9.78 Å². The van der Waals surface area contributed by atoms with Crippen molar-refractivity contribution in [1.29, 1.82) is 0 Å². The van der Waals surface area contributed by atoms with Gasteiger partial charge in [0.15, 0.2) is 0 Å².